The molecule has 0 saturated carbocycles. The number of rotatable bonds is 66. The van der Waals surface area contributed by atoms with Crippen LogP contribution in [0, 0.1) is 17.8 Å². The number of ether oxygens (including phenoxy) is 4. The second kappa shape index (κ2) is 60.5. The Hall–Kier alpha value is -2.46. The lowest BCUT2D eigenvalue weighted by atomic mass is 9.99. The molecule has 17 nitrogen and oxygen atoms in total. The van der Waals surface area contributed by atoms with Gasteiger partial charge in [-0.25, -0.2) is 9.13 Å². The van der Waals surface area contributed by atoms with Gasteiger partial charge in [0.05, 0.1) is 26.4 Å². The van der Waals surface area contributed by atoms with E-state index in [1.54, 1.807) is 0 Å². The summed E-state index contributed by atoms with van der Waals surface area (Å²) in [5, 5.41) is 10.6. The number of phosphoric ester groups is 2. The minimum absolute atomic E-state index is 0.0837. The van der Waals surface area contributed by atoms with Crippen LogP contribution in [0.3, 0.4) is 0 Å². The van der Waals surface area contributed by atoms with Gasteiger partial charge < -0.3 is 33.8 Å². The highest BCUT2D eigenvalue weighted by Gasteiger charge is 2.30. The first-order valence-electron chi connectivity index (χ1n) is 35.7. The Morgan fingerprint density at radius 1 is 0.371 bits per heavy atom. The number of phosphoric acid groups is 2. The Bertz CT molecular complexity index is 1840. The molecule has 0 spiro atoms. The van der Waals surface area contributed by atoms with Gasteiger partial charge >= 0.3 is 39.5 Å². The van der Waals surface area contributed by atoms with Crippen molar-refractivity contribution in [2.24, 2.45) is 17.8 Å². The molecule has 524 valence electrons. The van der Waals surface area contributed by atoms with Gasteiger partial charge in [-0.15, -0.1) is 0 Å². The molecular formula is C70H132O17P2. The van der Waals surface area contributed by atoms with E-state index >= 15 is 0 Å². The summed E-state index contributed by atoms with van der Waals surface area (Å²) in [4.78, 5) is 72.5. The predicted octanol–water partition coefficient (Wildman–Crippen LogP) is 19.4. The van der Waals surface area contributed by atoms with Crippen LogP contribution in [0.4, 0.5) is 0 Å². The summed E-state index contributed by atoms with van der Waals surface area (Å²) in [5.74, 6) is 0.0521. The highest BCUT2D eigenvalue weighted by Crippen LogP contribution is 2.45. The summed E-state index contributed by atoms with van der Waals surface area (Å²) in [6.07, 6.45) is 46.7. The van der Waals surface area contributed by atoms with Crippen LogP contribution in [0.2, 0.25) is 0 Å². The average Bonchev–Trinajstić information content (AvgIpc) is 3.58. The van der Waals surface area contributed by atoms with Crippen molar-refractivity contribution in [2.75, 3.05) is 39.6 Å². The van der Waals surface area contributed by atoms with Gasteiger partial charge in [0, 0.05) is 25.7 Å². The van der Waals surface area contributed by atoms with Crippen molar-refractivity contribution in [3.8, 4) is 0 Å². The lowest BCUT2D eigenvalue weighted by Gasteiger charge is -2.21. The SMILES string of the molecule is CCCCCC/C=C\C=C/CCCCCCCC(=O)O[C@H](COC(=O)CCCCCCCCCC(C)C)COP(=O)(O)OCC(O)COP(=O)(O)OC[C@@H](COC(=O)CCCCCCCCCCCC(C)C)OC(=O)CCCCCCCCCCC(C)CC. The molecule has 0 heterocycles. The maximum atomic E-state index is 13.0. The smallest absolute Gasteiger partial charge is 0.462 e. The van der Waals surface area contributed by atoms with E-state index in [4.69, 9.17) is 37.0 Å². The van der Waals surface area contributed by atoms with Crippen LogP contribution in [0.15, 0.2) is 24.3 Å². The number of aliphatic hydroxyl groups excluding tert-OH is 1. The number of hydrogen-bond acceptors (Lipinski definition) is 15. The zero-order chi connectivity index (χ0) is 65.9. The Labute approximate surface area is 542 Å². The maximum absolute atomic E-state index is 13.0. The number of aliphatic hydroxyl groups is 1. The molecule has 19 heteroatoms. The summed E-state index contributed by atoms with van der Waals surface area (Å²) < 4.78 is 68.2. The largest absolute Gasteiger partial charge is 0.472 e. The Kier molecular flexibility index (Phi) is 58.8. The predicted molar refractivity (Wildman–Crippen MR) is 358 cm³/mol. The lowest BCUT2D eigenvalue weighted by Crippen LogP contribution is -2.30. The van der Waals surface area contributed by atoms with Crippen LogP contribution in [0.25, 0.3) is 0 Å². The van der Waals surface area contributed by atoms with Gasteiger partial charge in [-0.1, -0.05) is 272 Å². The molecule has 3 N–H and O–H groups in total. The van der Waals surface area contributed by atoms with Gasteiger partial charge in [0.1, 0.15) is 19.3 Å². The van der Waals surface area contributed by atoms with E-state index in [0.29, 0.717) is 31.6 Å². The van der Waals surface area contributed by atoms with E-state index < -0.39 is 97.5 Å². The van der Waals surface area contributed by atoms with E-state index in [1.165, 1.54) is 116 Å². The van der Waals surface area contributed by atoms with E-state index in [1.807, 2.05) is 0 Å². The fourth-order valence-electron chi connectivity index (χ4n) is 9.97. The number of hydrogen-bond donors (Lipinski definition) is 3. The van der Waals surface area contributed by atoms with Crippen LogP contribution < -0.4 is 0 Å². The number of unbranched alkanes of at least 4 members (excludes halogenated alkanes) is 30. The molecule has 0 saturated heterocycles. The van der Waals surface area contributed by atoms with Crippen molar-refractivity contribution < 1.29 is 80.2 Å². The van der Waals surface area contributed by atoms with Gasteiger partial charge in [-0.3, -0.25) is 37.3 Å². The molecule has 0 amide bonds. The lowest BCUT2D eigenvalue weighted by molar-refractivity contribution is -0.161. The van der Waals surface area contributed by atoms with Crippen LogP contribution in [-0.2, 0) is 65.4 Å². The van der Waals surface area contributed by atoms with Crippen molar-refractivity contribution in [1.29, 1.82) is 0 Å². The first kappa shape index (κ1) is 86.5. The standard InChI is InChI=1S/C70H132O17P2/c1-8-10-11-12-13-14-15-16-17-18-19-22-31-39-46-53-69(74)86-66(58-81-68(73)52-45-38-33-26-28-35-42-49-62(5)6)60-85-89(78,79)83-56-64(71)55-82-88(76,77)84-59-65(87-70(75)54-47-40-32-25-24-29-36-43-50-63(7)9-2)57-80-67(72)51-44-37-30-23-20-21-27-34-41-48-61(3)4/h14-17,61-66,71H,8-13,18-60H2,1-7H3,(H,76,77)(H,78,79)/b15-14-,17-16-/t63?,64?,65-,66-/m1/s1. The quantitative estimate of drug-likeness (QED) is 0.0169. The highest BCUT2D eigenvalue weighted by molar-refractivity contribution is 7.47. The zero-order valence-corrected chi connectivity index (χ0v) is 59.2. The summed E-state index contributed by atoms with van der Waals surface area (Å²) in [5.41, 5.74) is 0. The molecule has 0 fully saturated rings. The van der Waals surface area contributed by atoms with Crippen LogP contribution >= 0.6 is 15.6 Å². The molecule has 0 rings (SSSR count). The molecule has 4 unspecified atom stereocenters. The molecular weight excluding hydrogens is 1170 g/mol. The molecule has 0 aliphatic rings. The molecule has 89 heavy (non-hydrogen) atoms. The van der Waals surface area contributed by atoms with Crippen molar-refractivity contribution in [3.63, 3.8) is 0 Å². The van der Waals surface area contributed by atoms with Crippen molar-refractivity contribution in [3.05, 3.63) is 24.3 Å². The molecule has 0 bridgehead atoms. The summed E-state index contributed by atoms with van der Waals surface area (Å²) in [6.45, 7) is 11.7. The van der Waals surface area contributed by atoms with E-state index in [2.05, 4.69) is 72.8 Å². The van der Waals surface area contributed by atoms with Crippen molar-refractivity contribution in [2.45, 2.75) is 343 Å². The second-order valence-corrected chi connectivity index (χ2v) is 28.7. The topological polar surface area (TPSA) is 237 Å². The molecule has 6 atom stereocenters. The van der Waals surface area contributed by atoms with E-state index in [0.717, 1.165) is 121 Å². The van der Waals surface area contributed by atoms with Gasteiger partial charge in [0.2, 0.25) is 0 Å². The molecule has 0 aromatic heterocycles. The number of esters is 4. The van der Waals surface area contributed by atoms with E-state index in [9.17, 15) is 43.2 Å². The normalized spacial score (nSPS) is 14.7. The summed E-state index contributed by atoms with van der Waals surface area (Å²) in [6, 6.07) is 0. The fraction of sp³-hybridized carbons (Fsp3) is 0.886. The fourth-order valence-corrected chi connectivity index (χ4v) is 11.5. The zero-order valence-electron chi connectivity index (χ0n) is 57.4. The van der Waals surface area contributed by atoms with Gasteiger partial charge in [-0.05, 0) is 69.1 Å². The Morgan fingerprint density at radius 3 is 1.00 bits per heavy atom. The molecule has 0 aliphatic carbocycles. The van der Waals surface area contributed by atoms with Crippen molar-refractivity contribution in [1.82, 2.24) is 0 Å². The first-order chi connectivity index (χ1) is 42.8. The summed E-state index contributed by atoms with van der Waals surface area (Å²) >= 11 is 0. The van der Waals surface area contributed by atoms with Gasteiger partial charge in [-0.2, -0.15) is 0 Å². The third kappa shape index (κ3) is 62.7. The van der Waals surface area contributed by atoms with Gasteiger partial charge in [0.25, 0.3) is 0 Å². The number of carbonyl (C=O) groups excluding carboxylic acids is 4. The highest BCUT2D eigenvalue weighted by atomic mass is 31.2. The third-order valence-corrected chi connectivity index (χ3v) is 17.8. The molecule has 0 radical (unpaired) electrons. The number of carbonyl (C=O) groups is 4. The number of allylic oxidation sites excluding steroid dienone is 4. The summed E-state index contributed by atoms with van der Waals surface area (Å²) in [7, 11) is -9.91. The molecule has 0 aromatic rings. The molecule has 0 aliphatic heterocycles. The van der Waals surface area contributed by atoms with Crippen LogP contribution in [0.5, 0.6) is 0 Å². The average molecular weight is 1310 g/mol. The molecule has 0 aromatic carbocycles. The van der Waals surface area contributed by atoms with Crippen molar-refractivity contribution >= 4 is 39.5 Å². The van der Waals surface area contributed by atoms with Crippen LogP contribution in [-0.4, -0.2) is 96.7 Å². The Balaban J connectivity index is 5.30. The first-order valence-corrected chi connectivity index (χ1v) is 38.7. The van der Waals surface area contributed by atoms with Gasteiger partial charge in [0.15, 0.2) is 12.2 Å². The van der Waals surface area contributed by atoms with E-state index in [-0.39, 0.29) is 25.7 Å². The Morgan fingerprint density at radius 2 is 0.663 bits per heavy atom. The third-order valence-electron chi connectivity index (χ3n) is 15.9. The second-order valence-electron chi connectivity index (χ2n) is 25.8. The minimum atomic E-state index is -4.96. The monoisotopic (exact) mass is 1310 g/mol. The maximum Gasteiger partial charge on any atom is 0.472 e. The minimum Gasteiger partial charge on any atom is -0.462 e. The van der Waals surface area contributed by atoms with Crippen LogP contribution in [0.1, 0.15) is 325 Å².